The second-order valence-electron chi connectivity index (χ2n) is 4.81. The lowest BCUT2D eigenvalue weighted by Gasteiger charge is -2.07. The lowest BCUT2D eigenvalue weighted by molar-refractivity contribution is 0.201. The van der Waals surface area contributed by atoms with Crippen LogP contribution in [-0.2, 0) is 6.54 Å². The van der Waals surface area contributed by atoms with Crippen molar-refractivity contribution in [3.05, 3.63) is 29.8 Å². The Hall–Kier alpha value is -1.06. The van der Waals surface area contributed by atoms with E-state index in [9.17, 15) is 0 Å². The summed E-state index contributed by atoms with van der Waals surface area (Å²) in [5.74, 6) is 0.817. The fourth-order valence-corrected chi connectivity index (χ4v) is 1.95. The van der Waals surface area contributed by atoms with E-state index in [2.05, 4.69) is 24.4 Å². The van der Waals surface area contributed by atoms with Gasteiger partial charge in [0.1, 0.15) is 12.4 Å². The van der Waals surface area contributed by atoms with Crippen molar-refractivity contribution in [1.29, 1.82) is 0 Å². The van der Waals surface area contributed by atoms with Gasteiger partial charge in [-0.05, 0) is 30.7 Å². The van der Waals surface area contributed by atoms with Gasteiger partial charge in [0, 0.05) is 6.54 Å². The Balaban J connectivity index is 2.09. The maximum atomic E-state index is 8.67. The van der Waals surface area contributed by atoms with Crippen LogP contribution in [0.4, 0.5) is 0 Å². The molecule has 0 aromatic heterocycles. The summed E-state index contributed by atoms with van der Waals surface area (Å²) in [6.07, 6.45) is 6.61. The van der Waals surface area contributed by atoms with Gasteiger partial charge in [0.15, 0.2) is 0 Å². The van der Waals surface area contributed by atoms with Gasteiger partial charge in [0.05, 0.1) is 6.61 Å². The van der Waals surface area contributed by atoms with Gasteiger partial charge in [-0.3, -0.25) is 0 Å². The molecule has 1 aromatic rings. The van der Waals surface area contributed by atoms with Crippen LogP contribution in [0.5, 0.6) is 5.75 Å². The second-order valence-corrected chi connectivity index (χ2v) is 4.81. The average Bonchev–Trinajstić information content (AvgIpc) is 2.45. The van der Waals surface area contributed by atoms with Gasteiger partial charge in [-0.1, -0.05) is 44.7 Å². The van der Waals surface area contributed by atoms with Crippen LogP contribution in [0.25, 0.3) is 0 Å². The predicted octanol–water partition coefficient (Wildman–Crippen LogP) is 3.12. The number of hydrogen-bond donors (Lipinski definition) is 2. The molecule has 3 nitrogen and oxygen atoms in total. The molecule has 2 N–H and O–H groups in total. The minimum Gasteiger partial charge on any atom is -0.491 e. The summed E-state index contributed by atoms with van der Waals surface area (Å²) in [4.78, 5) is 0. The number of rotatable bonds is 11. The lowest BCUT2D eigenvalue weighted by Crippen LogP contribution is -2.14. The van der Waals surface area contributed by atoms with Crippen molar-refractivity contribution in [2.24, 2.45) is 0 Å². The van der Waals surface area contributed by atoms with Gasteiger partial charge in [-0.25, -0.2) is 0 Å². The summed E-state index contributed by atoms with van der Waals surface area (Å²) in [6, 6.07) is 8.04. The highest BCUT2D eigenvalue weighted by Crippen LogP contribution is 2.11. The van der Waals surface area contributed by atoms with Crippen LogP contribution in [0.1, 0.15) is 44.6 Å². The van der Waals surface area contributed by atoms with Crippen LogP contribution in [-0.4, -0.2) is 24.9 Å². The number of aliphatic hydroxyl groups is 1. The van der Waals surface area contributed by atoms with E-state index in [1.165, 1.54) is 37.7 Å². The highest BCUT2D eigenvalue weighted by molar-refractivity contribution is 5.27. The molecule has 0 aliphatic rings. The van der Waals surface area contributed by atoms with E-state index in [1.807, 2.05) is 12.1 Å². The van der Waals surface area contributed by atoms with E-state index < -0.39 is 0 Å². The zero-order valence-electron chi connectivity index (χ0n) is 12.0. The molecule has 0 saturated carbocycles. The Labute approximate surface area is 117 Å². The molecule has 108 valence electrons. The standard InChI is InChI=1S/C16H27NO2/c1-2-3-4-5-6-11-17-14-15-7-9-16(10-8-15)19-13-12-18/h7-10,17-18H,2-6,11-14H2,1H3. The molecule has 0 unspecified atom stereocenters. The Morgan fingerprint density at radius 1 is 1.05 bits per heavy atom. The first-order chi connectivity index (χ1) is 9.36. The van der Waals surface area contributed by atoms with Gasteiger partial charge in [-0.15, -0.1) is 0 Å². The summed E-state index contributed by atoms with van der Waals surface area (Å²) in [7, 11) is 0. The number of benzene rings is 1. The molecule has 3 heteroatoms. The molecule has 0 bridgehead atoms. The van der Waals surface area contributed by atoms with Crippen molar-refractivity contribution < 1.29 is 9.84 Å². The maximum Gasteiger partial charge on any atom is 0.119 e. The summed E-state index contributed by atoms with van der Waals surface area (Å²) in [6.45, 7) is 4.66. The van der Waals surface area contributed by atoms with E-state index in [-0.39, 0.29) is 6.61 Å². The first-order valence-electron chi connectivity index (χ1n) is 7.40. The van der Waals surface area contributed by atoms with Crippen molar-refractivity contribution in [3.8, 4) is 5.75 Å². The molecular weight excluding hydrogens is 238 g/mol. The van der Waals surface area contributed by atoms with E-state index in [0.717, 1.165) is 18.8 Å². The Kier molecular flexibility index (Phi) is 9.11. The monoisotopic (exact) mass is 265 g/mol. The molecule has 0 aliphatic heterocycles. The Morgan fingerprint density at radius 3 is 2.47 bits per heavy atom. The number of nitrogens with one attached hydrogen (secondary N) is 1. The van der Waals surface area contributed by atoms with Crippen molar-refractivity contribution in [2.45, 2.75) is 45.6 Å². The van der Waals surface area contributed by atoms with Crippen molar-refractivity contribution in [1.82, 2.24) is 5.32 Å². The molecule has 1 rings (SSSR count). The highest BCUT2D eigenvalue weighted by Gasteiger charge is 1.95. The molecule has 0 saturated heterocycles. The zero-order valence-corrected chi connectivity index (χ0v) is 12.0. The summed E-state index contributed by atoms with van der Waals surface area (Å²) in [5.41, 5.74) is 1.27. The predicted molar refractivity (Wildman–Crippen MR) is 79.5 cm³/mol. The Bertz CT molecular complexity index is 311. The molecule has 0 aliphatic carbocycles. The fraction of sp³-hybridized carbons (Fsp3) is 0.625. The minimum absolute atomic E-state index is 0.0569. The maximum absolute atomic E-state index is 8.67. The van der Waals surface area contributed by atoms with Crippen LogP contribution in [0.15, 0.2) is 24.3 Å². The third-order valence-electron chi connectivity index (χ3n) is 3.07. The number of aliphatic hydroxyl groups excluding tert-OH is 1. The van der Waals surface area contributed by atoms with Gasteiger partial charge in [0.2, 0.25) is 0 Å². The highest BCUT2D eigenvalue weighted by atomic mass is 16.5. The van der Waals surface area contributed by atoms with Crippen LogP contribution < -0.4 is 10.1 Å². The average molecular weight is 265 g/mol. The van der Waals surface area contributed by atoms with Gasteiger partial charge in [-0.2, -0.15) is 0 Å². The fourth-order valence-electron chi connectivity index (χ4n) is 1.95. The first-order valence-corrected chi connectivity index (χ1v) is 7.40. The number of ether oxygens (including phenoxy) is 1. The van der Waals surface area contributed by atoms with Crippen molar-refractivity contribution in [2.75, 3.05) is 19.8 Å². The van der Waals surface area contributed by atoms with Gasteiger partial charge >= 0.3 is 0 Å². The molecule has 0 spiro atoms. The zero-order chi connectivity index (χ0) is 13.8. The van der Waals surface area contributed by atoms with E-state index in [0.29, 0.717) is 6.61 Å². The molecule has 0 heterocycles. The minimum atomic E-state index is 0.0569. The first kappa shape index (κ1) is 16.0. The summed E-state index contributed by atoms with van der Waals surface area (Å²) in [5, 5.41) is 12.1. The summed E-state index contributed by atoms with van der Waals surface area (Å²) < 4.78 is 5.32. The quantitative estimate of drug-likeness (QED) is 0.604. The molecule has 0 amide bonds. The van der Waals surface area contributed by atoms with E-state index in [1.54, 1.807) is 0 Å². The third-order valence-corrected chi connectivity index (χ3v) is 3.07. The van der Waals surface area contributed by atoms with Gasteiger partial charge < -0.3 is 15.2 Å². The topological polar surface area (TPSA) is 41.5 Å². The largest absolute Gasteiger partial charge is 0.491 e. The normalized spacial score (nSPS) is 10.6. The number of hydrogen-bond acceptors (Lipinski definition) is 3. The SMILES string of the molecule is CCCCCCCNCc1ccc(OCCO)cc1. The molecule has 19 heavy (non-hydrogen) atoms. The van der Waals surface area contributed by atoms with Crippen molar-refractivity contribution >= 4 is 0 Å². The summed E-state index contributed by atoms with van der Waals surface area (Å²) >= 11 is 0. The third kappa shape index (κ3) is 7.85. The van der Waals surface area contributed by atoms with Crippen LogP contribution >= 0.6 is 0 Å². The van der Waals surface area contributed by atoms with Crippen LogP contribution in [0.2, 0.25) is 0 Å². The van der Waals surface area contributed by atoms with Gasteiger partial charge in [0.25, 0.3) is 0 Å². The molecule has 1 aromatic carbocycles. The Morgan fingerprint density at radius 2 is 1.79 bits per heavy atom. The van der Waals surface area contributed by atoms with E-state index >= 15 is 0 Å². The van der Waals surface area contributed by atoms with Crippen molar-refractivity contribution in [3.63, 3.8) is 0 Å². The number of unbranched alkanes of at least 4 members (excludes halogenated alkanes) is 4. The smallest absolute Gasteiger partial charge is 0.119 e. The second kappa shape index (κ2) is 10.8. The molecule has 0 fully saturated rings. The molecule has 0 radical (unpaired) electrons. The molecular formula is C16H27NO2. The van der Waals surface area contributed by atoms with Crippen LogP contribution in [0, 0.1) is 0 Å². The van der Waals surface area contributed by atoms with E-state index in [4.69, 9.17) is 9.84 Å². The molecule has 0 atom stereocenters. The lowest BCUT2D eigenvalue weighted by atomic mass is 10.1. The van der Waals surface area contributed by atoms with Crippen LogP contribution in [0.3, 0.4) is 0 Å².